The van der Waals surface area contributed by atoms with Gasteiger partial charge in [-0.25, -0.2) is 9.78 Å². The maximum Gasteiger partial charge on any atom is 0.319 e. The number of hydrogen-bond donors (Lipinski definition) is 0. The molecule has 7 heteroatoms. The van der Waals surface area contributed by atoms with Gasteiger partial charge in [0.2, 0.25) is 0 Å². The highest BCUT2D eigenvalue weighted by atomic mass is 16.2. The third-order valence-corrected chi connectivity index (χ3v) is 5.78. The molecule has 0 spiro atoms. The first-order valence-electron chi connectivity index (χ1n) is 9.60. The molecule has 7 nitrogen and oxygen atoms in total. The maximum absolute atomic E-state index is 12.5. The van der Waals surface area contributed by atoms with Crippen molar-refractivity contribution < 1.29 is 4.79 Å². The average molecular weight is 369 g/mol. The second-order valence-electron chi connectivity index (χ2n) is 8.08. The van der Waals surface area contributed by atoms with Crippen molar-refractivity contribution in [3.05, 3.63) is 46.0 Å². The first-order valence-corrected chi connectivity index (χ1v) is 9.60. The number of hydrogen-bond acceptors (Lipinski definition) is 4. The lowest BCUT2D eigenvalue weighted by Crippen LogP contribution is -2.45. The SMILES string of the molecule is Cc1cccn2c(=O)cc(CN3C[C@@H]4CC[C@H]3CN(C(=O)N(C)C)C4)nc12. The van der Waals surface area contributed by atoms with Crippen LogP contribution in [0.5, 0.6) is 0 Å². The standard InChI is InChI=1S/C20H27N5O2/c1-14-5-4-8-25-18(26)9-16(21-19(14)25)12-23-10-15-6-7-17(23)13-24(11-15)20(27)22(2)3/h4-5,8-9,15,17H,6-7,10-13H2,1-3H3/t15-,17-/m0/s1. The molecule has 0 unspecified atom stereocenters. The number of fused-ring (bicyclic) bond motifs is 5. The number of piperidine rings is 1. The summed E-state index contributed by atoms with van der Waals surface area (Å²) in [6, 6.07) is 5.91. The Morgan fingerprint density at radius 3 is 2.85 bits per heavy atom. The lowest BCUT2D eigenvalue weighted by atomic mass is 9.95. The molecule has 2 bridgehead atoms. The van der Waals surface area contributed by atoms with Gasteiger partial charge in [-0.2, -0.15) is 0 Å². The van der Waals surface area contributed by atoms with Crippen LogP contribution in [0, 0.1) is 12.8 Å². The zero-order valence-electron chi connectivity index (χ0n) is 16.3. The fourth-order valence-electron chi connectivity index (χ4n) is 4.41. The molecular formula is C20H27N5O2. The van der Waals surface area contributed by atoms with Gasteiger partial charge in [0.05, 0.1) is 5.69 Å². The quantitative estimate of drug-likeness (QED) is 0.806. The van der Waals surface area contributed by atoms with E-state index in [1.807, 2.05) is 38.1 Å². The Hall–Kier alpha value is -2.41. The molecule has 3 aliphatic heterocycles. The monoisotopic (exact) mass is 369 g/mol. The summed E-state index contributed by atoms with van der Waals surface area (Å²) in [4.78, 5) is 35.7. The van der Waals surface area contributed by atoms with Crippen molar-refractivity contribution in [1.82, 2.24) is 24.1 Å². The van der Waals surface area contributed by atoms with Crippen molar-refractivity contribution in [1.29, 1.82) is 0 Å². The molecule has 0 saturated carbocycles. The zero-order chi connectivity index (χ0) is 19.1. The molecule has 3 fully saturated rings. The summed E-state index contributed by atoms with van der Waals surface area (Å²) in [6.07, 6.45) is 4.01. The predicted molar refractivity (Wildman–Crippen MR) is 104 cm³/mol. The number of carbonyl (C=O) groups is 1. The Labute approximate surface area is 159 Å². The van der Waals surface area contributed by atoms with Gasteiger partial charge in [-0.05, 0) is 37.3 Å². The van der Waals surface area contributed by atoms with Crippen LogP contribution in [0.4, 0.5) is 4.79 Å². The summed E-state index contributed by atoms with van der Waals surface area (Å²) in [5, 5.41) is 0. The molecule has 144 valence electrons. The molecule has 2 aromatic heterocycles. The molecule has 3 saturated heterocycles. The zero-order valence-corrected chi connectivity index (χ0v) is 16.3. The molecular weight excluding hydrogens is 342 g/mol. The summed E-state index contributed by atoms with van der Waals surface area (Å²) in [6.45, 7) is 5.15. The summed E-state index contributed by atoms with van der Waals surface area (Å²) >= 11 is 0. The molecule has 3 aliphatic rings. The number of urea groups is 1. The normalized spacial score (nSPS) is 22.9. The Morgan fingerprint density at radius 1 is 1.26 bits per heavy atom. The molecule has 2 aromatic rings. The minimum absolute atomic E-state index is 0.0388. The van der Waals surface area contributed by atoms with Gasteiger partial charge in [-0.15, -0.1) is 0 Å². The molecule has 2 amide bonds. The number of amides is 2. The van der Waals surface area contributed by atoms with Crippen LogP contribution >= 0.6 is 0 Å². The van der Waals surface area contributed by atoms with Gasteiger partial charge in [0.15, 0.2) is 0 Å². The number of pyridine rings is 1. The summed E-state index contributed by atoms with van der Waals surface area (Å²) in [5.41, 5.74) is 2.50. The van der Waals surface area contributed by atoms with E-state index in [1.165, 1.54) is 0 Å². The van der Waals surface area contributed by atoms with E-state index in [2.05, 4.69) is 4.90 Å². The Morgan fingerprint density at radius 2 is 2.07 bits per heavy atom. The van der Waals surface area contributed by atoms with Crippen molar-refractivity contribution in [3.8, 4) is 0 Å². The van der Waals surface area contributed by atoms with E-state index >= 15 is 0 Å². The Balaban J connectivity index is 1.58. The molecule has 5 rings (SSSR count). The van der Waals surface area contributed by atoms with E-state index < -0.39 is 0 Å². The van der Waals surface area contributed by atoms with E-state index in [1.54, 1.807) is 21.6 Å². The van der Waals surface area contributed by atoms with Crippen LogP contribution in [0.2, 0.25) is 0 Å². The third-order valence-electron chi connectivity index (χ3n) is 5.78. The van der Waals surface area contributed by atoms with E-state index in [9.17, 15) is 9.59 Å². The first kappa shape index (κ1) is 18.0. The van der Waals surface area contributed by atoms with Gasteiger partial charge >= 0.3 is 6.03 Å². The van der Waals surface area contributed by atoms with Gasteiger partial charge in [0.1, 0.15) is 5.65 Å². The molecule has 5 heterocycles. The van der Waals surface area contributed by atoms with Crippen LogP contribution in [0.1, 0.15) is 24.1 Å². The number of rotatable bonds is 2. The smallest absolute Gasteiger partial charge is 0.319 e. The van der Waals surface area contributed by atoms with Gasteiger partial charge < -0.3 is 9.80 Å². The molecule has 0 radical (unpaired) electrons. The molecule has 0 aromatic carbocycles. The lowest BCUT2D eigenvalue weighted by molar-refractivity contribution is 0.121. The largest absolute Gasteiger partial charge is 0.331 e. The van der Waals surface area contributed by atoms with Gasteiger partial charge in [0.25, 0.3) is 5.56 Å². The second kappa shape index (κ2) is 6.96. The van der Waals surface area contributed by atoms with E-state index in [-0.39, 0.29) is 11.6 Å². The topological polar surface area (TPSA) is 61.2 Å². The van der Waals surface area contributed by atoms with Crippen molar-refractivity contribution in [3.63, 3.8) is 0 Å². The third kappa shape index (κ3) is 3.43. The van der Waals surface area contributed by atoms with Crippen LogP contribution in [-0.2, 0) is 6.54 Å². The highest BCUT2D eigenvalue weighted by Gasteiger charge is 2.37. The van der Waals surface area contributed by atoms with Crippen LogP contribution < -0.4 is 5.56 Å². The number of nitrogens with zero attached hydrogens (tertiary/aromatic N) is 5. The summed E-state index contributed by atoms with van der Waals surface area (Å²) in [7, 11) is 3.61. The Kier molecular flexibility index (Phi) is 4.63. The van der Waals surface area contributed by atoms with E-state index in [4.69, 9.17) is 4.98 Å². The van der Waals surface area contributed by atoms with Crippen LogP contribution in [0.15, 0.2) is 29.2 Å². The minimum atomic E-state index is -0.0388. The predicted octanol–water partition coefficient (Wildman–Crippen LogP) is 1.58. The van der Waals surface area contributed by atoms with Crippen molar-refractivity contribution >= 4 is 11.7 Å². The fraction of sp³-hybridized carbons (Fsp3) is 0.550. The highest BCUT2D eigenvalue weighted by molar-refractivity contribution is 5.74. The van der Waals surface area contributed by atoms with Gasteiger partial charge in [-0.1, -0.05) is 6.07 Å². The first-order chi connectivity index (χ1) is 12.9. The van der Waals surface area contributed by atoms with Crippen molar-refractivity contribution in [2.24, 2.45) is 5.92 Å². The van der Waals surface area contributed by atoms with Gasteiger partial charge in [0, 0.05) is 58.6 Å². The van der Waals surface area contributed by atoms with E-state index in [0.29, 0.717) is 18.5 Å². The van der Waals surface area contributed by atoms with E-state index in [0.717, 1.165) is 49.4 Å². The number of aromatic nitrogens is 2. The molecule has 0 aliphatic carbocycles. The number of carbonyl (C=O) groups excluding carboxylic acids is 1. The summed E-state index contributed by atoms with van der Waals surface area (Å²) in [5.74, 6) is 0.482. The minimum Gasteiger partial charge on any atom is -0.331 e. The average Bonchev–Trinajstić information content (AvgIpc) is 2.94. The Bertz CT molecular complexity index is 922. The van der Waals surface area contributed by atoms with Crippen molar-refractivity contribution in [2.75, 3.05) is 33.7 Å². The second-order valence-corrected chi connectivity index (χ2v) is 8.08. The molecule has 2 atom stereocenters. The van der Waals surface area contributed by atoms with Crippen LogP contribution in [0.3, 0.4) is 0 Å². The summed E-state index contributed by atoms with van der Waals surface area (Å²) < 4.78 is 1.60. The van der Waals surface area contributed by atoms with Crippen molar-refractivity contribution in [2.45, 2.75) is 32.4 Å². The lowest BCUT2D eigenvalue weighted by Gasteiger charge is -2.35. The van der Waals surface area contributed by atoms with Crippen LogP contribution in [-0.4, -0.2) is 69.9 Å². The highest BCUT2D eigenvalue weighted by Crippen LogP contribution is 2.29. The number of aryl methyl sites for hydroxylation is 1. The molecule has 27 heavy (non-hydrogen) atoms. The van der Waals surface area contributed by atoms with Crippen LogP contribution in [0.25, 0.3) is 5.65 Å². The fourth-order valence-corrected chi connectivity index (χ4v) is 4.41. The maximum atomic E-state index is 12.5. The van der Waals surface area contributed by atoms with Gasteiger partial charge in [-0.3, -0.25) is 14.1 Å². The molecule has 0 N–H and O–H groups in total.